The number of hydrogen-bond donors (Lipinski definition) is 0. The molecule has 0 unspecified atom stereocenters. The fraction of sp³-hybridized carbons (Fsp3) is 1.00. The highest BCUT2D eigenvalue weighted by Gasteiger charge is 2.96. The van der Waals surface area contributed by atoms with Crippen molar-refractivity contribution in [2.24, 2.45) is 0 Å². The molecular formula is C28H26F34N2. The first-order chi connectivity index (χ1) is 27.5. The first-order valence-corrected chi connectivity index (χ1v) is 16.3. The first-order valence-electron chi connectivity index (χ1n) is 16.3. The van der Waals surface area contributed by atoms with Gasteiger partial charge in [0, 0.05) is 25.9 Å². The smallest absolute Gasteiger partial charge is 0.305 e. The molecule has 0 radical (unpaired) electrons. The Kier molecular flexibility index (Phi) is 17.2. The summed E-state index contributed by atoms with van der Waals surface area (Å²) in [6.45, 7) is -2.14. The largest absolute Gasteiger partial charge is 0.460 e. The van der Waals surface area contributed by atoms with E-state index in [9.17, 15) is 149 Å². The molecule has 0 aliphatic carbocycles. The predicted octanol–water partition coefficient (Wildman–Crippen LogP) is 13.2. The molecule has 0 aliphatic rings. The summed E-state index contributed by atoms with van der Waals surface area (Å²) in [6, 6.07) is 0. The van der Waals surface area contributed by atoms with E-state index in [1.54, 1.807) is 0 Å². The second-order valence-corrected chi connectivity index (χ2v) is 13.8. The van der Waals surface area contributed by atoms with Crippen LogP contribution >= 0.6 is 0 Å². The Hall–Kier alpha value is -2.46. The highest BCUT2D eigenvalue weighted by Crippen LogP contribution is 2.66. The van der Waals surface area contributed by atoms with Crippen molar-refractivity contribution in [3.8, 4) is 0 Å². The summed E-state index contributed by atoms with van der Waals surface area (Å²) >= 11 is 0. The molecule has 64 heavy (non-hydrogen) atoms. The molecule has 386 valence electrons. The number of nitrogens with zero attached hydrogens (tertiary/aromatic N) is 2. The van der Waals surface area contributed by atoms with E-state index in [4.69, 9.17) is 0 Å². The van der Waals surface area contributed by atoms with Crippen LogP contribution < -0.4 is 0 Å². The van der Waals surface area contributed by atoms with Crippen LogP contribution in [0, 0.1) is 0 Å². The Morgan fingerprint density at radius 3 is 0.578 bits per heavy atom. The highest BCUT2D eigenvalue weighted by molar-refractivity contribution is 5.16. The van der Waals surface area contributed by atoms with Crippen molar-refractivity contribution in [1.29, 1.82) is 0 Å². The lowest BCUT2D eigenvalue weighted by Crippen LogP contribution is -2.74. The van der Waals surface area contributed by atoms with E-state index in [2.05, 4.69) is 0 Å². The van der Waals surface area contributed by atoms with Crippen LogP contribution in [-0.2, 0) is 0 Å². The average molecular weight is 1040 g/mol. The van der Waals surface area contributed by atoms with Crippen LogP contribution in [0.3, 0.4) is 0 Å². The van der Waals surface area contributed by atoms with Gasteiger partial charge in [-0.05, 0) is 52.9 Å². The lowest BCUT2D eigenvalue weighted by molar-refractivity contribution is -0.461. The minimum absolute atomic E-state index is 0.416. The standard InChI is InChI=1S/C28H26F34N2/c1-63(9-5-3-7-13(29,30)15(33,34)17(37,38)19(41,42)21(45,46)23(49,50)25(53,54)27(57,58)59)11-12-64(2)10-6-4-8-14(31,32)16(35,36)18(39,40)20(43,44)22(47,48)24(51,52)26(55,56)28(60,61)62/h3-12H2,1-2H3. The number of hydrogen-bond acceptors (Lipinski definition) is 2. The molecule has 0 atom stereocenters. The highest BCUT2D eigenvalue weighted by atomic mass is 19.4. The van der Waals surface area contributed by atoms with Crippen LogP contribution in [0.2, 0.25) is 0 Å². The van der Waals surface area contributed by atoms with Crippen molar-refractivity contribution >= 4 is 0 Å². The topological polar surface area (TPSA) is 6.48 Å². The zero-order valence-corrected chi connectivity index (χ0v) is 30.8. The van der Waals surface area contributed by atoms with Crippen molar-refractivity contribution in [2.45, 2.75) is 134 Å². The fourth-order valence-corrected chi connectivity index (χ4v) is 4.73. The van der Waals surface area contributed by atoms with Crippen LogP contribution in [0.5, 0.6) is 0 Å². The van der Waals surface area contributed by atoms with Gasteiger partial charge in [0.05, 0.1) is 0 Å². The summed E-state index contributed by atoms with van der Waals surface area (Å²) in [5.74, 6) is -115. The molecule has 0 saturated carbocycles. The number of unbranched alkanes of at least 4 members (excludes halogenated alkanes) is 2. The van der Waals surface area contributed by atoms with E-state index in [-0.39, 0.29) is 0 Å². The zero-order chi connectivity index (χ0) is 52.2. The van der Waals surface area contributed by atoms with Gasteiger partial charge in [-0.2, -0.15) is 149 Å². The van der Waals surface area contributed by atoms with Gasteiger partial charge in [0.15, 0.2) is 0 Å². The van der Waals surface area contributed by atoms with Crippen molar-refractivity contribution in [3.05, 3.63) is 0 Å². The molecule has 0 aromatic rings. The Labute approximate surface area is 334 Å². The molecule has 0 rings (SSSR count). The molecular weight excluding hydrogens is 1010 g/mol. The maximum absolute atomic E-state index is 14.1. The van der Waals surface area contributed by atoms with Crippen molar-refractivity contribution in [1.82, 2.24) is 9.80 Å². The molecule has 0 aliphatic heterocycles. The molecule has 0 heterocycles. The molecule has 0 amide bonds. The van der Waals surface area contributed by atoms with Crippen LogP contribution in [0.1, 0.15) is 38.5 Å². The molecule has 36 heteroatoms. The minimum atomic E-state index is -8.82. The van der Waals surface area contributed by atoms with E-state index >= 15 is 0 Å². The third kappa shape index (κ3) is 9.77. The molecule has 0 aromatic heterocycles. The van der Waals surface area contributed by atoms with Crippen molar-refractivity contribution in [2.75, 3.05) is 40.3 Å². The van der Waals surface area contributed by atoms with E-state index in [0.717, 1.165) is 23.9 Å². The monoisotopic (exact) mass is 1040 g/mol. The van der Waals surface area contributed by atoms with E-state index < -0.39 is 160 Å². The summed E-state index contributed by atoms with van der Waals surface area (Å²) < 4.78 is 455. The predicted molar refractivity (Wildman–Crippen MR) is 144 cm³/mol. The molecule has 0 saturated heterocycles. The SMILES string of the molecule is CN(CCCCC(F)(F)C(F)(F)C(F)(F)C(F)(F)C(F)(F)C(F)(F)C(F)(F)C(F)(F)F)CCN(C)CCCCC(F)(F)C(F)(F)C(F)(F)C(F)(F)C(F)(F)C(F)(F)C(F)(F)C(F)(F)F. The third-order valence-electron chi connectivity index (χ3n) is 9.00. The molecule has 0 fully saturated rings. The second kappa shape index (κ2) is 17.9. The van der Waals surface area contributed by atoms with E-state index in [1.165, 1.54) is 0 Å². The van der Waals surface area contributed by atoms with Crippen LogP contribution in [-0.4, -0.2) is 145 Å². The first kappa shape index (κ1) is 61.5. The van der Waals surface area contributed by atoms with Gasteiger partial charge in [0.25, 0.3) is 0 Å². The molecule has 0 aromatic carbocycles. The Morgan fingerprint density at radius 2 is 0.391 bits per heavy atom. The third-order valence-corrected chi connectivity index (χ3v) is 9.00. The summed E-state index contributed by atoms with van der Waals surface area (Å²) in [5.41, 5.74) is 0. The Morgan fingerprint density at radius 1 is 0.219 bits per heavy atom. The van der Waals surface area contributed by atoms with Gasteiger partial charge in [0.2, 0.25) is 0 Å². The maximum Gasteiger partial charge on any atom is 0.460 e. The van der Waals surface area contributed by atoms with Gasteiger partial charge in [-0.25, -0.2) is 0 Å². The summed E-state index contributed by atoms with van der Waals surface area (Å²) in [6.07, 6.45) is -26.2. The number of likely N-dealkylation sites (N-methyl/N-ethyl adjacent to an activating group) is 2. The van der Waals surface area contributed by atoms with Gasteiger partial charge in [-0.15, -0.1) is 0 Å². The molecule has 0 N–H and O–H groups in total. The van der Waals surface area contributed by atoms with Crippen molar-refractivity contribution < 1.29 is 149 Å². The molecule has 0 spiro atoms. The Balaban J connectivity index is 5.54. The lowest BCUT2D eigenvalue weighted by atomic mass is 9.88. The lowest BCUT2D eigenvalue weighted by Gasteiger charge is -2.42. The Bertz CT molecular complexity index is 1410. The van der Waals surface area contributed by atoms with Gasteiger partial charge in [0.1, 0.15) is 0 Å². The van der Waals surface area contributed by atoms with Gasteiger partial charge in [-0.3, -0.25) is 0 Å². The zero-order valence-electron chi connectivity index (χ0n) is 30.8. The molecule has 0 bridgehead atoms. The maximum atomic E-state index is 14.1. The second-order valence-electron chi connectivity index (χ2n) is 13.8. The van der Waals surface area contributed by atoms with Crippen LogP contribution in [0.15, 0.2) is 0 Å². The van der Waals surface area contributed by atoms with Crippen LogP contribution in [0.4, 0.5) is 149 Å². The quantitative estimate of drug-likeness (QED) is 0.0664. The molecule has 2 nitrogen and oxygen atoms in total. The van der Waals surface area contributed by atoms with E-state index in [0.29, 0.717) is 0 Å². The van der Waals surface area contributed by atoms with Crippen molar-refractivity contribution in [3.63, 3.8) is 0 Å². The normalized spacial score (nSPS) is 16.4. The fourth-order valence-electron chi connectivity index (χ4n) is 4.73. The number of rotatable bonds is 25. The minimum Gasteiger partial charge on any atom is -0.305 e. The van der Waals surface area contributed by atoms with Crippen LogP contribution in [0.25, 0.3) is 0 Å². The number of halogens is 34. The average Bonchev–Trinajstić information content (AvgIpc) is 3.08. The van der Waals surface area contributed by atoms with Gasteiger partial charge < -0.3 is 9.80 Å². The summed E-state index contributed by atoms with van der Waals surface area (Å²) in [5, 5.41) is 0. The summed E-state index contributed by atoms with van der Waals surface area (Å²) in [4.78, 5) is 1.89. The van der Waals surface area contributed by atoms with Gasteiger partial charge >= 0.3 is 95.3 Å². The van der Waals surface area contributed by atoms with Gasteiger partial charge in [-0.1, -0.05) is 0 Å². The summed E-state index contributed by atoms with van der Waals surface area (Å²) in [7, 11) is 1.97. The van der Waals surface area contributed by atoms with E-state index in [1.807, 2.05) is 0 Å². The number of alkyl halides is 34.